The highest BCUT2D eigenvalue weighted by Crippen LogP contribution is 2.33. The lowest BCUT2D eigenvalue weighted by Crippen LogP contribution is -2.49. The number of nitrogens with one attached hydrogen (secondary N) is 1. The molecule has 110 valence electrons. The maximum absolute atomic E-state index is 10.8. The Hall–Kier alpha value is -2.41. The fourth-order valence-electron chi connectivity index (χ4n) is 2.52. The van der Waals surface area contributed by atoms with E-state index in [0.29, 0.717) is 36.7 Å². The van der Waals surface area contributed by atoms with E-state index in [1.165, 1.54) is 0 Å². The second-order valence-corrected chi connectivity index (χ2v) is 5.26. The Labute approximate surface area is 121 Å². The smallest absolute Gasteiger partial charge is 0.309 e. The fourth-order valence-corrected chi connectivity index (χ4v) is 2.52. The number of likely N-dealkylation sites (tertiary alicyclic amines) is 1. The van der Waals surface area contributed by atoms with E-state index in [2.05, 4.69) is 15.0 Å². The van der Waals surface area contributed by atoms with Crippen LogP contribution in [0.4, 0.5) is 0 Å². The summed E-state index contributed by atoms with van der Waals surface area (Å²) in [5.74, 6) is -0.368. The Morgan fingerprint density at radius 3 is 2.86 bits per heavy atom. The number of nitrogens with zero attached hydrogens (tertiary/aromatic N) is 3. The molecule has 1 aliphatic rings. The van der Waals surface area contributed by atoms with Crippen LogP contribution in [0.5, 0.6) is 5.75 Å². The quantitative estimate of drug-likeness (QED) is 0.775. The van der Waals surface area contributed by atoms with Crippen molar-refractivity contribution in [3.63, 3.8) is 0 Å². The van der Waals surface area contributed by atoms with Crippen LogP contribution in [0.1, 0.15) is 11.3 Å². The van der Waals surface area contributed by atoms with E-state index >= 15 is 0 Å². The van der Waals surface area contributed by atoms with Crippen LogP contribution in [0.2, 0.25) is 0 Å². The summed E-state index contributed by atoms with van der Waals surface area (Å²) in [4.78, 5) is 24.2. The lowest BCUT2D eigenvalue weighted by molar-refractivity contribution is -0.147. The van der Waals surface area contributed by atoms with Crippen molar-refractivity contribution in [2.75, 3.05) is 13.1 Å². The molecule has 0 aromatic carbocycles. The van der Waals surface area contributed by atoms with Crippen molar-refractivity contribution in [1.82, 2.24) is 19.9 Å². The van der Waals surface area contributed by atoms with Crippen molar-refractivity contribution in [3.8, 4) is 17.1 Å². The minimum absolute atomic E-state index is 0.109. The van der Waals surface area contributed by atoms with Gasteiger partial charge in [0.25, 0.3) is 0 Å². The molecule has 0 radical (unpaired) electrons. The zero-order valence-electron chi connectivity index (χ0n) is 11.6. The summed E-state index contributed by atoms with van der Waals surface area (Å²) in [7, 11) is 0. The number of carboxylic acid groups (broad SMARTS) is 1. The fraction of sp³-hybridized carbons (Fsp3) is 0.357. The van der Waals surface area contributed by atoms with Crippen molar-refractivity contribution in [2.24, 2.45) is 5.92 Å². The minimum Gasteiger partial charge on any atom is -0.505 e. The number of H-pyrrole nitrogens is 1. The first kappa shape index (κ1) is 13.6. The second kappa shape index (κ2) is 5.17. The van der Waals surface area contributed by atoms with Gasteiger partial charge in [0.1, 0.15) is 11.6 Å². The van der Waals surface area contributed by atoms with Gasteiger partial charge in [-0.2, -0.15) is 0 Å². The van der Waals surface area contributed by atoms with Gasteiger partial charge in [0.05, 0.1) is 17.2 Å². The summed E-state index contributed by atoms with van der Waals surface area (Å²) >= 11 is 0. The van der Waals surface area contributed by atoms with E-state index in [9.17, 15) is 9.90 Å². The highest BCUT2D eigenvalue weighted by atomic mass is 16.4. The predicted molar refractivity (Wildman–Crippen MR) is 74.6 cm³/mol. The zero-order chi connectivity index (χ0) is 15.0. The first-order valence-electron chi connectivity index (χ1n) is 6.68. The molecule has 0 aliphatic carbocycles. The third-order valence-corrected chi connectivity index (χ3v) is 3.75. The first-order valence-corrected chi connectivity index (χ1v) is 6.68. The Morgan fingerprint density at radius 1 is 1.48 bits per heavy atom. The highest BCUT2D eigenvalue weighted by molar-refractivity contribution is 5.72. The summed E-state index contributed by atoms with van der Waals surface area (Å²) in [5, 5.41) is 19.2. The molecule has 0 unspecified atom stereocenters. The monoisotopic (exact) mass is 288 g/mol. The van der Waals surface area contributed by atoms with Gasteiger partial charge in [-0.15, -0.1) is 0 Å². The Kier molecular flexibility index (Phi) is 3.34. The van der Waals surface area contributed by atoms with Crippen LogP contribution in [0, 0.1) is 12.8 Å². The number of carbonyl (C=O) groups is 1. The van der Waals surface area contributed by atoms with Gasteiger partial charge in [0.15, 0.2) is 0 Å². The normalized spacial score (nSPS) is 15.9. The van der Waals surface area contributed by atoms with Gasteiger partial charge in [-0.3, -0.25) is 14.7 Å². The van der Waals surface area contributed by atoms with E-state index in [0.717, 1.165) is 5.56 Å². The molecule has 1 saturated heterocycles. The third-order valence-electron chi connectivity index (χ3n) is 3.75. The molecular formula is C14H16N4O3. The number of aryl methyl sites for hydroxylation is 1. The maximum Gasteiger partial charge on any atom is 0.309 e. The summed E-state index contributed by atoms with van der Waals surface area (Å²) in [5.41, 5.74) is 2.00. The van der Waals surface area contributed by atoms with E-state index in [1.807, 2.05) is 4.90 Å². The lowest BCUT2D eigenvalue weighted by Gasteiger charge is -2.36. The van der Waals surface area contributed by atoms with Gasteiger partial charge in [-0.25, -0.2) is 4.98 Å². The molecule has 0 bridgehead atoms. The summed E-state index contributed by atoms with van der Waals surface area (Å²) in [6.07, 6.45) is 5.03. The third kappa shape index (κ3) is 2.47. The van der Waals surface area contributed by atoms with Crippen LogP contribution in [-0.4, -0.2) is 49.1 Å². The molecular weight excluding hydrogens is 272 g/mol. The van der Waals surface area contributed by atoms with E-state index in [-0.39, 0.29) is 11.7 Å². The van der Waals surface area contributed by atoms with Crippen molar-refractivity contribution in [3.05, 3.63) is 29.8 Å². The molecule has 1 fully saturated rings. The second-order valence-electron chi connectivity index (χ2n) is 5.26. The summed E-state index contributed by atoms with van der Waals surface area (Å²) < 4.78 is 0. The van der Waals surface area contributed by atoms with Gasteiger partial charge < -0.3 is 15.2 Å². The number of pyridine rings is 1. The van der Waals surface area contributed by atoms with Gasteiger partial charge in [0.2, 0.25) is 0 Å². The molecule has 1 aliphatic heterocycles. The molecule has 0 saturated carbocycles. The molecule has 7 heteroatoms. The van der Waals surface area contributed by atoms with Crippen LogP contribution < -0.4 is 0 Å². The summed E-state index contributed by atoms with van der Waals surface area (Å²) in [6.45, 7) is 3.30. The van der Waals surface area contributed by atoms with Crippen molar-refractivity contribution in [2.45, 2.75) is 13.5 Å². The van der Waals surface area contributed by atoms with Crippen molar-refractivity contribution >= 4 is 5.97 Å². The van der Waals surface area contributed by atoms with Gasteiger partial charge in [-0.05, 0) is 12.5 Å². The average molecular weight is 288 g/mol. The Balaban J connectivity index is 1.86. The van der Waals surface area contributed by atoms with Gasteiger partial charge in [0, 0.05) is 38.2 Å². The van der Waals surface area contributed by atoms with E-state index in [1.54, 1.807) is 25.5 Å². The van der Waals surface area contributed by atoms with E-state index < -0.39 is 5.97 Å². The number of hydrogen-bond acceptors (Lipinski definition) is 5. The largest absolute Gasteiger partial charge is 0.505 e. The number of imidazole rings is 1. The minimum atomic E-state index is -0.762. The zero-order valence-corrected chi connectivity index (χ0v) is 11.6. The van der Waals surface area contributed by atoms with Crippen molar-refractivity contribution < 1.29 is 15.0 Å². The number of hydrogen-bond donors (Lipinski definition) is 3. The molecule has 21 heavy (non-hydrogen) atoms. The standard InChI is InChI=1S/C14H16N4O3/c1-8-12(19)11(13-15-2-3-16-13)9(4-17-8)5-18-6-10(7-18)14(20)21/h2-4,10,19H,5-7H2,1H3,(H,15,16)(H,20,21). The number of aromatic hydroxyl groups is 1. The van der Waals surface area contributed by atoms with Gasteiger partial charge in [-0.1, -0.05) is 0 Å². The summed E-state index contributed by atoms with van der Waals surface area (Å²) in [6, 6.07) is 0. The SMILES string of the molecule is Cc1ncc(CN2CC(C(=O)O)C2)c(-c2ncc[nH]2)c1O. The van der Waals surface area contributed by atoms with Crippen LogP contribution in [0.3, 0.4) is 0 Å². The van der Waals surface area contributed by atoms with Gasteiger partial charge >= 0.3 is 5.97 Å². The highest BCUT2D eigenvalue weighted by Gasteiger charge is 2.33. The van der Waals surface area contributed by atoms with Crippen LogP contribution in [0.25, 0.3) is 11.4 Å². The predicted octanol–water partition coefficient (Wildman–Crippen LogP) is 1.00. The molecule has 0 spiro atoms. The number of aromatic amines is 1. The molecule has 7 nitrogen and oxygen atoms in total. The number of aliphatic carboxylic acids is 1. The molecule has 3 rings (SSSR count). The first-order chi connectivity index (χ1) is 10.1. The molecule has 3 heterocycles. The molecule has 0 atom stereocenters. The average Bonchev–Trinajstić information content (AvgIpc) is 2.90. The maximum atomic E-state index is 10.8. The Bertz CT molecular complexity index is 663. The number of aromatic nitrogens is 3. The Morgan fingerprint density at radius 2 is 2.24 bits per heavy atom. The molecule has 2 aromatic rings. The number of carboxylic acids is 1. The van der Waals surface area contributed by atoms with Crippen molar-refractivity contribution in [1.29, 1.82) is 0 Å². The lowest BCUT2D eigenvalue weighted by atomic mass is 9.98. The molecule has 0 amide bonds. The van der Waals surface area contributed by atoms with Crippen LogP contribution >= 0.6 is 0 Å². The molecule has 2 aromatic heterocycles. The molecule has 3 N–H and O–H groups in total. The number of rotatable bonds is 4. The van der Waals surface area contributed by atoms with Crippen LogP contribution in [0.15, 0.2) is 18.6 Å². The van der Waals surface area contributed by atoms with E-state index in [4.69, 9.17) is 5.11 Å². The van der Waals surface area contributed by atoms with Crippen LogP contribution in [-0.2, 0) is 11.3 Å². The topological polar surface area (TPSA) is 102 Å².